The van der Waals surface area contributed by atoms with Crippen LogP contribution in [0, 0.1) is 5.82 Å². The van der Waals surface area contributed by atoms with Crippen LogP contribution in [0.15, 0.2) is 77.7 Å². The van der Waals surface area contributed by atoms with Crippen molar-refractivity contribution in [1.29, 1.82) is 0 Å². The second-order valence-electron chi connectivity index (χ2n) is 7.36. The summed E-state index contributed by atoms with van der Waals surface area (Å²) in [4.78, 5) is 26.0. The highest BCUT2D eigenvalue weighted by molar-refractivity contribution is 7.92. The number of anilines is 1. The van der Waals surface area contributed by atoms with Crippen molar-refractivity contribution in [3.05, 3.63) is 89.7 Å². The van der Waals surface area contributed by atoms with Crippen molar-refractivity contribution in [2.45, 2.75) is 17.9 Å². The molecular formula is C24H24FN3O5S. The molecule has 2 amide bonds. The number of halogens is 1. The van der Waals surface area contributed by atoms with Gasteiger partial charge in [-0.25, -0.2) is 12.8 Å². The van der Waals surface area contributed by atoms with Gasteiger partial charge in [-0.2, -0.15) is 0 Å². The van der Waals surface area contributed by atoms with E-state index in [4.69, 9.17) is 10.5 Å². The Morgan fingerprint density at radius 2 is 1.71 bits per heavy atom. The maximum atomic E-state index is 13.6. The summed E-state index contributed by atoms with van der Waals surface area (Å²) in [5, 5.41) is 0. The number of amides is 2. The number of ether oxygens (including phenoxy) is 1. The van der Waals surface area contributed by atoms with E-state index in [0.29, 0.717) is 18.0 Å². The Labute approximate surface area is 197 Å². The van der Waals surface area contributed by atoms with Gasteiger partial charge in [-0.3, -0.25) is 14.3 Å². The van der Waals surface area contributed by atoms with E-state index in [1.165, 1.54) is 49.5 Å². The van der Waals surface area contributed by atoms with E-state index in [2.05, 4.69) is 4.72 Å². The minimum atomic E-state index is -3.91. The highest BCUT2D eigenvalue weighted by Gasteiger charge is 2.28. The van der Waals surface area contributed by atoms with Gasteiger partial charge in [0, 0.05) is 18.3 Å². The number of hydrogen-bond acceptors (Lipinski definition) is 5. The van der Waals surface area contributed by atoms with Crippen LogP contribution in [-0.4, -0.2) is 38.8 Å². The van der Waals surface area contributed by atoms with Gasteiger partial charge in [0.2, 0.25) is 5.91 Å². The first-order valence-electron chi connectivity index (χ1n) is 10.3. The summed E-state index contributed by atoms with van der Waals surface area (Å²) in [7, 11) is -2.55. The van der Waals surface area contributed by atoms with E-state index in [9.17, 15) is 22.4 Å². The Bertz CT molecular complexity index is 1280. The topological polar surface area (TPSA) is 119 Å². The van der Waals surface area contributed by atoms with Gasteiger partial charge in [-0.05, 0) is 73.2 Å². The molecule has 3 N–H and O–H groups in total. The van der Waals surface area contributed by atoms with Gasteiger partial charge in [0.05, 0.1) is 11.5 Å². The molecule has 0 aliphatic carbocycles. The molecule has 0 spiro atoms. The smallest absolute Gasteiger partial charge is 0.261 e. The SMILES string of the molecule is CCOc1ccc(NS(=O)(=O)c2ccc(C(=O)N(C)C(C(N)=O)c3cccc(F)c3)cc2)cc1. The molecule has 3 aromatic rings. The van der Waals surface area contributed by atoms with Crippen molar-refractivity contribution in [3.8, 4) is 5.75 Å². The predicted octanol–water partition coefficient (Wildman–Crippen LogP) is 3.32. The molecule has 0 fully saturated rings. The fourth-order valence-corrected chi connectivity index (χ4v) is 4.41. The lowest BCUT2D eigenvalue weighted by Gasteiger charge is -2.26. The maximum Gasteiger partial charge on any atom is 0.261 e. The zero-order valence-electron chi connectivity index (χ0n) is 18.6. The number of hydrogen-bond donors (Lipinski definition) is 2. The summed E-state index contributed by atoms with van der Waals surface area (Å²) < 4.78 is 46.8. The second kappa shape index (κ2) is 10.3. The third-order valence-corrected chi connectivity index (χ3v) is 6.37. The highest BCUT2D eigenvalue weighted by Crippen LogP contribution is 2.24. The molecule has 0 saturated carbocycles. The quantitative estimate of drug-likeness (QED) is 0.482. The van der Waals surface area contributed by atoms with Crippen LogP contribution < -0.4 is 15.2 Å². The lowest BCUT2D eigenvalue weighted by molar-refractivity contribution is -0.122. The van der Waals surface area contributed by atoms with E-state index in [-0.39, 0.29) is 16.0 Å². The molecule has 10 heteroatoms. The molecule has 0 radical (unpaired) electrons. The third-order valence-electron chi connectivity index (χ3n) is 4.97. The summed E-state index contributed by atoms with van der Waals surface area (Å²) in [6, 6.07) is 15.7. The van der Waals surface area contributed by atoms with Gasteiger partial charge in [0.15, 0.2) is 0 Å². The first-order chi connectivity index (χ1) is 16.1. The van der Waals surface area contributed by atoms with Gasteiger partial charge in [0.25, 0.3) is 15.9 Å². The number of likely N-dealkylation sites (N-methyl/N-ethyl adjacent to an activating group) is 1. The van der Waals surface area contributed by atoms with Crippen molar-refractivity contribution >= 4 is 27.5 Å². The molecule has 8 nitrogen and oxygen atoms in total. The second-order valence-corrected chi connectivity index (χ2v) is 9.05. The summed E-state index contributed by atoms with van der Waals surface area (Å²) in [6.45, 7) is 2.34. The lowest BCUT2D eigenvalue weighted by Crippen LogP contribution is -2.39. The van der Waals surface area contributed by atoms with Gasteiger partial charge in [-0.15, -0.1) is 0 Å². The number of nitrogens with one attached hydrogen (secondary N) is 1. The van der Waals surface area contributed by atoms with Crippen LogP contribution in [0.5, 0.6) is 5.75 Å². The number of carbonyl (C=O) groups excluding carboxylic acids is 2. The molecule has 0 aliphatic rings. The number of primary amides is 1. The van der Waals surface area contributed by atoms with Crippen LogP contribution in [0.4, 0.5) is 10.1 Å². The molecule has 3 aromatic carbocycles. The molecule has 178 valence electrons. The number of nitrogens with zero attached hydrogens (tertiary/aromatic N) is 1. The molecule has 0 bridgehead atoms. The lowest BCUT2D eigenvalue weighted by atomic mass is 10.0. The van der Waals surface area contributed by atoms with E-state index in [1.807, 2.05) is 6.92 Å². The Morgan fingerprint density at radius 3 is 2.26 bits per heavy atom. The van der Waals surface area contributed by atoms with Crippen molar-refractivity contribution < 1.29 is 27.1 Å². The molecule has 0 aromatic heterocycles. The number of nitrogens with two attached hydrogens (primary N) is 1. The van der Waals surface area contributed by atoms with Crippen molar-refractivity contribution in [2.75, 3.05) is 18.4 Å². The Hall–Kier alpha value is -3.92. The van der Waals surface area contributed by atoms with E-state index >= 15 is 0 Å². The van der Waals surface area contributed by atoms with E-state index in [1.54, 1.807) is 24.3 Å². The van der Waals surface area contributed by atoms with Crippen molar-refractivity contribution in [2.24, 2.45) is 5.73 Å². The Kier molecular flexibility index (Phi) is 7.52. The first-order valence-corrected chi connectivity index (χ1v) is 11.8. The Morgan fingerprint density at radius 1 is 1.06 bits per heavy atom. The molecule has 0 heterocycles. The van der Waals surface area contributed by atoms with Crippen molar-refractivity contribution in [3.63, 3.8) is 0 Å². The summed E-state index contributed by atoms with van der Waals surface area (Å²) in [5.74, 6) is -1.37. The summed E-state index contributed by atoms with van der Waals surface area (Å²) in [6.07, 6.45) is 0. The van der Waals surface area contributed by atoms with Gasteiger partial charge >= 0.3 is 0 Å². The largest absolute Gasteiger partial charge is 0.494 e. The van der Waals surface area contributed by atoms with Crippen LogP contribution >= 0.6 is 0 Å². The standard InChI is InChI=1S/C24H24FN3O5S/c1-3-33-20-11-9-19(10-12-20)27-34(31,32)21-13-7-16(8-14-21)24(30)28(2)22(23(26)29)17-5-4-6-18(25)15-17/h4-15,22,27H,3H2,1-2H3,(H2,26,29). The van der Waals surface area contributed by atoms with Crippen LogP contribution in [0.2, 0.25) is 0 Å². The number of sulfonamides is 1. The van der Waals surface area contributed by atoms with Crippen molar-refractivity contribution in [1.82, 2.24) is 4.90 Å². The minimum absolute atomic E-state index is 0.0582. The molecule has 0 saturated heterocycles. The molecule has 0 aliphatic heterocycles. The Balaban J connectivity index is 1.78. The minimum Gasteiger partial charge on any atom is -0.494 e. The van der Waals surface area contributed by atoms with Gasteiger partial charge in [-0.1, -0.05) is 12.1 Å². The molecule has 34 heavy (non-hydrogen) atoms. The van der Waals surface area contributed by atoms with Crippen LogP contribution in [-0.2, 0) is 14.8 Å². The predicted molar refractivity (Wildman–Crippen MR) is 125 cm³/mol. The molecule has 1 atom stereocenters. The van der Waals surface area contributed by atoms with Gasteiger partial charge in [0.1, 0.15) is 17.6 Å². The molecule has 1 unspecified atom stereocenters. The fourth-order valence-electron chi connectivity index (χ4n) is 3.35. The van der Waals surface area contributed by atoms with Crippen LogP contribution in [0.25, 0.3) is 0 Å². The van der Waals surface area contributed by atoms with Crippen LogP contribution in [0.3, 0.4) is 0 Å². The first kappa shape index (κ1) is 24.7. The monoisotopic (exact) mass is 485 g/mol. The average Bonchev–Trinajstić information content (AvgIpc) is 2.80. The van der Waals surface area contributed by atoms with Crippen LogP contribution in [0.1, 0.15) is 28.9 Å². The molecular weight excluding hydrogens is 461 g/mol. The maximum absolute atomic E-state index is 13.6. The highest BCUT2D eigenvalue weighted by atomic mass is 32.2. The fraction of sp³-hybridized carbons (Fsp3) is 0.167. The van der Waals surface area contributed by atoms with E-state index in [0.717, 1.165) is 11.0 Å². The number of benzene rings is 3. The summed E-state index contributed by atoms with van der Waals surface area (Å²) in [5.41, 5.74) is 6.17. The molecule has 3 rings (SSSR count). The number of carbonyl (C=O) groups is 2. The zero-order valence-corrected chi connectivity index (χ0v) is 19.4. The number of rotatable bonds is 9. The zero-order chi connectivity index (χ0) is 24.9. The van der Waals surface area contributed by atoms with E-state index < -0.39 is 33.7 Å². The average molecular weight is 486 g/mol. The normalized spacial score (nSPS) is 12.0. The third kappa shape index (κ3) is 5.70. The summed E-state index contributed by atoms with van der Waals surface area (Å²) >= 11 is 0. The van der Waals surface area contributed by atoms with Gasteiger partial charge < -0.3 is 15.4 Å².